The van der Waals surface area contributed by atoms with E-state index < -0.39 is 16.7 Å². The molecule has 7 nitrogen and oxygen atoms in total. The Bertz CT molecular complexity index is 775. The van der Waals surface area contributed by atoms with Crippen LogP contribution in [-0.4, -0.2) is 16.7 Å². The van der Waals surface area contributed by atoms with Crippen LogP contribution in [0.1, 0.15) is 26.3 Å². The smallest absolute Gasteiger partial charge is 0.267 e. The van der Waals surface area contributed by atoms with Gasteiger partial charge in [0.1, 0.15) is 0 Å². The molecule has 8 heteroatoms. The average Bonchev–Trinajstić information content (AvgIpc) is 2.52. The van der Waals surface area contributed by atoms with E-state index in [0.29, 0.717) is 11.1 Å². The molecule has 0 unspecified atom stereocenters. The summed E-state index contributed by atoms with van der Waals surface area (Å²) in [5.74, 6) is -1.03. The highest BCUT2D eigenvalue weighted by Gasteiger charge is 2.14. The zero-order valence-corrected chi connectivity index (χ0v) is 13.6. The topological polar surface area (TPSA) is 101 Å². The highest BCUT2D eigenvalue weighted by Crippen LogP contribution is 2.18. The second-order valence-electron chi connectivity index (χ2n) is 4.67. The summed E-state index contributed by atoms with van der Waals surface area (Å²) < 4.78 is 0.833. The van der Waals surface area contributed by atoms with Gasteiger partial charge in [0.25, 0.3) is 17.5 Å². The Hall–Kier alpha value is -2.74. The summed E-state index contributed by atoms with van der Waals surface area (Å²) in [6.07, 6.45) is 0. The number of halogens is 1. The zero-order valence-electron chi connectivity index (χ0n) is 12.0. The number of nitrogens with zero attached hydrogens (tertiary/aromatic N) is 1. The molecular weight excluding hydrogens is 366 g/mol. The molecule has 2 aromatic carbocycles. The first kappa shape index (κ1) is 16.6. The number of benzene rings is 2. The van der Waals surface area contributed by atoms with Gasteiger partial charge in [0.2, 0.25) is 0 Å². The van der Waals surface area contributed by atoms with Crippen LogP contribution >= 0.6 is 15.9 Å². The summed E-state index contributed by atoms with van der Waals surface area (Å²) in [5, 5.41) is 10.7. The molecule has 0 aliphatic carbocycles. The predicted molar refractivity (Wildman–Crippen MR) is 86.9 cm³/mol. The first-order chi connectivity index (χ1) is 10.9. The number of nitrogens with one attached hydrogen (secondary N) is 2. The standard InChI is InChI=1S/C15H12BrN3O4/c1-9-8-11(4-7-13(9)19(22)23)15(21)18-17-14(20)10-2-5-12(16)6-3-10/h2-8H,1H3,(H,17,20)(H,18,21). The summed E-state index contributed by atoms with van der Waals surface area (Å²) in [6.45, 7) is 1.54. The molecule has 0 saturated carbocycles. The lowest BCUT2D eigenvalue weighted by molar-refractivity contribution is -0.385. The van der Waals surface area contributed by atoms with Crippen molar-refractivity contribution < 1.29 is 14.5 Å². The van der Waals surface area contributed by atoms with Gasteiger partial charge in [0.05, 0.1) is 4.92 Å². The maximum absolute atomic E-state index is 12.0. The van der Waals surface area contributed by atoms with Crippen LogP contribution in [0, 0.1) is 17.0 Å². The molecule has 0 heterocycles. The van der Waals surface area contributed by atoms with Crippen LogP contribution in [0.15, 0.2) is 46.9 Å². The fraction of sp³-hybridized carbons (Fsp3) is 0.0667. The van der Waals surface area contributed by atoms with Gasteiger partial charge in [0, 0.05) is 27.2 Å². The lowest BCUT2D eigenvalue weighted by Crippen LogP contribution is -2.41. The van der Waals surface area contributed by atoms with Crippen molar-refractivity contribution in [2.24, 2.45) is 0 Å². The fourth-order valence-electron chi connectivity index (χ4n) is 1.86. The van der Waals surface area contributed by atoms with Crippen LogP contribution in [0.25, 0.3) is 0 Å². The molecule has 0 radical (unpaired) electrons. The van der Waals surface area contributed by atoms with E-state index in [4.69, 9.17) is 0 Å². The third kappa shape index (κ3) is 4.13. The van der Waals surface area contributed by atoms with Crippen LogP contribution in [0.4, 0.5) is 5.69 Å². The van der Waals surface area contributed by atoms with Crippen LogP contribution in [0.3, 0.4) is 0 Å². The maximum Gasteiger partial charge on any atom is 0.272 e. The molecule has 2 amide bonds. The van der Waals surface area contributed by atoms with Crippen molar-refractivity contribution in [3.05, 3.63) is 73.7 Å². The fourth-order valence-corrected chi connectivity index (χ4v) is 2.13. The van der Waals surface area contributed by atoms with Gasteiger partial charge in [-0.25, -0.2) is 0 Å². The average molecular weight is 378 g/mol. The van der Waals surface area contributed by atoms with Crippen LogP contribution in [-0.2, 0) is 0 Å². The first-order valence-corrected chi connectivity index (χ1v) is 7.29. The van der Waals surface area contributed by atoms with Gasteiger partial charge >= 0.3 is 0 Å². The minimum absolute atomic E-state index is 0.0690. The van der Waals surface area contributed by atoms with E-state index in [1.54, 1.807) is 24.3 Å². The number of nitro benzene ring substituents is 1. The molecule has 0 spiro atoms. The molecule has 2 aromatic rings. The summed E-state index contributed by atoms with van der Waals surface area (Å²) >= 11 is 3.26. The molecule has 0 aromatic heterocycles. The van der Waals surface area contributed by atoms with E-state index in [1.807, 2.05) is 0 Å². The number of carbonyl (C=O) groups excluding carboxylic acids is 2. The van der Waals surface area contributed by atoms with E-state index in [9.17, 15) is 19.7 Å². The van der Waals surface area contributed by atoms with Crippen molar-refractivity contribution in [3.8, 4) is 0 Å². The number of amides is 2. The van der Waals surface area contributed by atoms with Gasteiger partial charge in [0.15, 0.2) is 0 Å². The van der Waals surface area contributed by atoms with Crippen molar-refractivity contribution in [2.45, 2.75) is 6.92 Å². The van der Waals surface area contributed by atoms with E-state index in [1.165, 1.54) is 25.1 Å². The number of aryl methyl sites for hydroxylation is 1. The van der Waals surface area contributed by atoms with Gasteiger partial charge in [-0.15, -0.1) is 0 Å². The third-order valence-electron chi connectivity index (χ3n) is 3.05. The van der Waals surface area contributed by atoms with Crippen molar-refractivity contribution >= 4 is 33.4 Å². The lowest BCUT2D eigenvalue weighted by atomic mass is 10.1. The molecule has 0 fully saturated rings. The van der Waals surface area contributed by atoms with E-state index in [0.717, 1.165) is 4.47 Å². The molecule has 0 atom stereocenters. The monoisotopic (exact) mass is 377 g/mol. The summed E-state index contributed by atoms with van der Waals surface area (Å²) in [6, 6.07) is 10.6. The molecule has 23 heavy (non-hydrogen) atoms. The van der Waals surface area contributed by atoms with Crippen molar-refractivity contribution in [1.29, 1.82) is 0 Å². The Morgan fingerprint density at radius 1 is 1.00 bits per heavy atom. The molecule has 2 N–H and O–H groups in total. The number of hydrogen-bond donors (Lipinski definition) is 2. The van der Waals surface area contributed by atoms with Gasteiger partial charge in [-0.3, -0.25) is 30.6 Å². The molecule has 2 rings (SSSR count). The second-order valence-corrected chi connectivity index (χ2v) is 5.59. The molecule has 0 aliphatic rings. The number of carbonyl (C=O) groups is 2. The molecule has 0 aliphatic heterocycles. The molecule has 118 valence electrons. The zero-order chi connectivity index (χ0) is 17.0. The number of hydrogen-bond acceptors (Lipinski definition) is 4. The quantitative estimate of drug-likeness (QED) is 0.633. The largest absolute Gasteiger partial charge is 0.272 e. The Balaban J connectivity index is 2.02. The first-order valence-electron chi connectivity index (χ1n) is 6.50. The van der Waals surface area contributed by atoms with Crippen LogP contribution in [0.2, 0.25) is 0 Å². The second kappa shape index (κ2) is 7.01. The van der Waals surface area contributed by atoms with E-state index in [2.05, 4.69) is 26.8 Å². The Morgan fingerprint density at radius 2 is 1.52 bits per heavy atom. The minimum Gasteiger partial charge on any atom is -0.267 e. The van der Waals surface area contributed by atoms with Crippen LogP contribution < -0.4 is 10.9 Å². The Labute approximate surface area is 139 Å². The minimum atomic E-state index is -0.562. The van der Waals surface area contributed by atoms with Gasteiger partial charge in [-0.05, 0) is 43.3 Å². The predicted octanol–water partition coefficient (Wildman–Crippen LogP) is 2.74. The molecule has 0 saturated heterocycles. The Morgan fingerprint density at radius 3 is 2.04 bits per heavy atom. The lowest BCUT2D eigenvalue weighted by Gasteiger charge is -2.08. The molecular formula is C15H12BrN3O4. The van der Waals surface area contributed by atoms with Crippen molar-refractivity contribution in [1.82, 2.24) is 10.9 Å². The van der Waals surface area contributed by atoms with Gasteiger partial charge in [-0.2, -0.15) is 0 Å². The van der Waals surface area contributed by atoms with Gasteiger partial charge < -0.3 is 0 Å². The van der Waals surface area contributed by atoms with Crippen LogP contribution in [0.5, 0.6) is 0 Å². The van der Waals surface area contributed by atoms with Crippen molar-refractivity contribution in [2.75, 3.05) is 0 Å². The van der Waals surface area contributed by atoms with Crippen molar-refractivity contribution in [3.63, 3.8) is 0 Å². The number of nitro groups is 1. The van der Waals surface area contributed by atoms with Gasteiger partial charge in [-0.1, -0.05) is 15.9 Å². The van der Waals surface area contributed by atoms with E-state index >= 15 is 0 Å². The highest BCUT2D eigenvalue weighted by molar-refractivity contribution is 9.10. The highest BCUT2D eigenvalue weighted by atomic mass is 79.9. The SMILES string of the molecule is Cc1cc(C(=O)NNC(=O)c2ccc(Br)cc2)ccc1[N+](=O)[O-]. The normalized spacial score (nSPS) is 10.0. The summed E-state index contributed by atoms with van der Waals surface area (Å²) in [5.41, 5.74) is 5.44. The molecule has 0 bridgehead atoms. The number of rotatable bonds is 3. The number of hydrazine groups is 1. The summed E-state index contributed by atoms with van der Waals surface area (Å²) in [7, 11) is 0. The summed E-state index contributed by atoms with van der Waals surface area (Å²) in [4.78, 5) is 34.1. The maximum atomic E-state index is 12.0. The third-order valence-corrected chi connectivity index (χ3v) is 3.58. The van der Waals surface area contributed by atoms with E-state index in [-0.39, 0.29) is 11.3 Å². The Kier molecular flexibility index (Phi) is 5.07.